The molecule has 0 saturated heterocycles. The number of benzene rings is 1. The summed E-state index contributed by atoms with van der Waals surface area (Å²) in [6, 6.07) is 8.52. The van der Waals surface area contributed by atoms with Crippen LogP contribution in [0.25, 0.3) is 0 Å². The summed E-state index contributed by atoms with van der Waals surface area (Å²) in [6.45, 7) is 5.76. The number of hydrogen-bond donors (Lipinski definition) is 2. The van der Waals surface area contributed by atoms with E-state index in [1.807, 2.05) is 14.0 Å². The first-order chi connectivity index (χ1) is 11.5. The van der Waals surface area contributed by atoms with Crippen molar-refractivity contribution in [2.45, 2.75) is 38.6 Å². The summed E-state index contributed by atoms with van der Waals surface area (Å²) in [4.78, 5) is 10.1. The Bertz CT molecular complexity index is 749. The molecule has 0 spiro atoms. The number of guanidine groups is 1. The lowest BCUT2D eigenvalue weighted by molar-refractivity contribution is 0.643. The lowest BCUT2D eigenvalue weighted by atomic mass is 9.96. The number of aryl methyl sites for hydroxylation is 2. The van der Waals surface area contributed by atoms with Crippen LogP contribution in [-0.4, -0.2) is 24.5 Å². The van der Waals surface area contributed by atoms with Gasteiger partial charge in [-0.25, -0.2) is 4.98 Å². The Hall–Kier alpha value is -1.40. The second-order valence-corrected chi connectivity index (χ2v) is 8.42. The van der Waals surface area contributed by atoms with E-state index in [0.717, 1.165) is 29.8 Å². The van der Waals surface area contributed by atoms with E-state index in [0.29, 0.717) is 0 Å². The molecule has 0 aliphatic heterocycles. The van der Waals surface area contributed by atoms with E-state index in [9.17, 15) is 0 Å². The highest BCUT2D eigenvalue weighted by Gasteiger charge is 2.45. The van der Waals surface area contributed by atoms with E-state index in [4.69, 9.17) is 0 Å². The van der Waals surface area contributed by atoms with Crippen LogP contribution in [0.5, 0.6) is 0 Å². The molecule has 6 heteroatoms. The summed E-state index contributed by atoms with van der Waals surface area (Å²) in [5.41, 5.74) is 2.73. The maximum Gasteiger partial charge on any atom is 0.191 e. The van der Waals surface area contributed by atoms with Gasteiger partial charge in [0.05, 0.1) is 17.2 Å². The van der Waals surface area contributed by atoms with Crippen LogP contribution in [0.4, 0.5) is 0 Å². The van der Waals surface area contributed by atoms with Gasteiger partial charge in [-0.3, -0.25) is 4.99 Å². The van der Waals surface area contributed by atoms with Gasteiger partial charge in [-0.2, -0.15) is 0 Å². The van der Waals surface area contributed by atoms with E-state index < -0.39 is 0 Å². The fraction of sp³-hybridized carbons (Fsp3) is 0.444. The molecule has 4 nitrogen and oxygen atoms in total. The number of rotatable bonds is 5. The van der Waals surface area contributed by atoms with Crippen LogP contribution in [0.15, 0.2) is 33.7 Å². The molecule has 1 fully saturated rings. The van der Waals surface area contributed by atoms with Crippen molar-refractivity contribution >= 4 is 33.2 Å². The molecule has 128 valence electrons. The molecule has 2 N–H and O–H groups in total. The van der Waals surface area contributed by atoms with Gasteiger partial charge in [0.15, 0.2) is 5.96 Å². The minimum atomic E-state index is 0.231. The van der Waals surface area contributed by atoms with Gasteiger partial charge in [-0.05, 0) is 38.3 Å². The van der Waals surface area contributed by atoms with E-state index >= 15 is 0 Å². The molecule has 1 aromatic carbocycles. The minimum Gasteiger partial charge on any atom is -0.356 e. The van der Waals surface area contributed by atoms with Crippen molar-refractivity contribution in [2.24, 2.45) is 4.99 Å². The summed E-state index contributed by atoms with van der Waals surface area (Å²) in [5.74, 6) is 0.846. The van der Waals surface area contributed by atoms with Gasteiger partial charge in [-0.1, -0.05) is 34.1 Å². The summed E-state index contributed by atoms with van der Waals surface area (Å²) >= 11 is 5.43. The Balaban J connectivity index is 1.59. The van der Waals surface area contributed by atoms with Gasteiger partial charge in [0.1, 0.15) is 0 Å². The average molecular weight is 407 g/mol. The zero-order valence-electron chi connectivity index (χ0n) is 14.3. The van der Waals surface area contributed by atoms with Gasteiger partial charge < -0.3 is 10.6 Å². The predicted octanol–water partition coefficient (Wildman–Crippen LogP) is 3.92. The number of aliphatic imine (C=N–C) groups is 1. The smallest absolute Gasteiger partial charge is 0.191 e. The zero-order chi connectivity index (χ0) is 17.2. The standard InChI is InChI=1S/C18H23BrN4S/c1-12-16(24-13(2)23-12)10-21-17(20-3)22-11-18(8-9-18)14-6-4-5-7-15(14)19/h4-7H,8-11H2,1-3H3,(H2,20,21,22). The third-order valence-corrected chi connectivity index (χ3v) is 6.30. The highest BCUT2D eigenvalue weighted by atomic mass is 79.9. The van der Waals surface area contributed by atoms with Crippen molar-refractivity contribution in [2.75, 3.05) is 13.6 Å². The zero-order valence-corrected chi connectivity index (χ0v) is 16.7. The third-order valence-electron chi connectivity index (χ3n) is 4.53. The molecule has 3 rings (SSSR count). The second kappa shape index (κ2) is 7.23. The fourth-order valence-electron chi connectivity index (χ4n) is 2.96. The SMILES string of the molecule is CN=C(NCc1sc(C)nc1C)NCC1(c2ccccc2Br)CC1. The van der Waals surface area contributed by atoms with Gasteiger partial charge in [0.25, 0.3) is 0 Å². The van der Waals surface area contributed by atoms with E-state index in [2.05, 4.69) is 67.7 Å². The molecule has 1 heterocycles. The summed E-state index contributed by atoms with van der Waals surface area (Å²) in [6.07, 6.45) is 2.43. The molecule has 1 saturated carbocycles. The van der Waals surface area contributed by atoms with Crippen molar-refractivity contribution in [1.29, 1.82) is 0 Å². The maximum atomic E-state index is 4.47. The second-order valence-electron chi connectivity index (χ2n) is 6.28. The molecule has 0 bridgehead atoms. The Morgan fingerprint density at radius 2 is 2.04 bits per heavy atom. The van der Waals surface area contributed by atoms with Crippen LogP contribution < -0.4 is 10.6 Å². The maximum absolute atomic E-state index is 4.47. The van der Waals surface area contributed by atoms with Crippen molar-refractivity contribution in [3.8, 4) is 0 Å². The molecular weight excluding hydrogens is 384 g/mol. The first-order valence-electron chi connectivity index (χ1n) is 8.16. The van der Waals surface area contributed by atoms with Gasteiger partial charge in [-0.15, -0.1) is 11.3 Å². The fourth-order valence-corrected chi connectivity index (χ4v) is 4.54. The van der Waals surface area contributed by atoms with E-state index in [-0.39, 0.29) is 5.41 Å². The molecule has 1 aliphatic rings. The molecule has 24 heavy (non-hydrogen) atoms. The monoisotopic (exact) mass is 406 g/mol. The molecule has 1 aliphatic carbocycles. The number of nitrogens with one attached hydrogen (secondary N) is 2. The topological polar surface area (TPSA) is 49.3 Å². The number of nitrogens with zero attached hydrogens (tertiary/aromatic N) is 2. The van der Waals surface area contributed by atoms with Gasteiger partial charge in [0.2, 0.25) is 0 Å². The lowest BCUT2D eigenvalue weighted by Gasteiger charge is -2.20. The average Bonchev–Trinajstić information content (AvgIpc) is 3.27. The first-order valence-corrected chi connectivity index (χ1v) is 9.77. The van der Waals surface area contributed by atoms with Crippen LogP contribution in [0.1, 0.15) is 34.0 Å². The highest BCUT2D eigenvalue weighted by Crippen LogP contribution is 2.49. The van der Waals surface area contributed by atoms with Crippen LogP contribution in [-0.2, 0) is 12.0 Å². The Kier molecular flexibility index (Phi) is 5.25. The summed E-state index contributed by atoms with van der Waals surface area (Å²) < 4.78 is 1.20. The summed E-state index contributed by atoms with van der Waals surface area (Å²) in [5, 5.41) is 8.01. The van der Waals surface area contributed by atoms with Crippen molar-refractivity contribution in [1.82, 2.24) is 15.6 Å². The van der Waals surface area contributed by atoms with E-state index in [1.54, 1.807) is 11.3 Å². The molecular formula is C18H23BrN4S. The number of halogens is 1. The quantitative estimate of drug-likeness (QED) is 0.584. The van der Waals surface area contributed by atoms with Crippen LogP contribution in [0, 0.1) is 13.8 Å². The molecule has 0 radical (unpaired) electrons. The Morgan fingerprint density at radius 3 is 2.62 bits per heavy atom. The van der Waals surface area contributed by atoms with E-state index in [1.165, 1.54) is 27.8 Å². The molecule has 0 atom stereocenters. The van der Waals surface area contributed by atoms with Crippen molar-refractivity contribution in [3.63, 3.8) is 0 Å². The Labute approximate surface area is 155 Å². The summed E-state index contributed by atoms with van der Waals surface area (Å²) in [7, 11) is 1.82. The van der Waals surface area contributed by atoms with Gasteiger partial charge in [0, 0.05) is 28.4 Å². The third kappa shape index (κ3) is 3.81. The number of thiazole rings is 1. The lowest BCUT2D eigenvalue weighted by Crippen LogP contribution is -2.41. The van der Waals surface area contributed by atoms with Crippen LogP contribution in [0.2, 0.25) is 0 Å². The Morgan fingerprint density at radius 1 is 1.29 bits per heavy atom. The number of hydrogen-bond acceptors (Lipinski definition) is 3. The van der Waals surface area contributed by atoms with Crippen molar-refractivity contribution in [3.05, 3.63) is 49.9 Å². The van der Waals surface area contributed by atoms with Gasteiger partial charge >= 0.3 is 0 Å². The molecule has 1 aromatic heterocycles. The first kappa shape index (κ1) is 17.4. The van der Waals surface area contributed by atoms with Crippen molar-refractivity contribution < 1.29 is 0 Å². The molecule has 0 amide bonds. The molecule has 0 unspecified atom stereocenters. The largest absolute Gasteiger partial charge is 0.356 e. The van der Waals surface area contributed by atoms with Crippen LogP contribution in [0.3, 0.4) is 0 Å². The molecule has 2 aromatic rings. The predicted molar refractivity (Wildman–Crippen MR) is 105 cm³/mol. The number of aromatic nitrogens is 1. The normalized spacial score (nSPS) is 16.1. The minimum absolute atomic E-state index is 0.231. The van der Waals surface area contributed by atoms with Crippen LogP contribution >= 0.6 is 27.3 Å². The highest BCUT2D eigenvalue weighted by molar-refractivity contribution is 9.10.